The molecule has 0 aromatic carbocycles. The lowest BCUT2D eigenvalue weighted by Crippen LogP contribution is -2.33. The van der Waals surface area contributed by atoms with Crippen LogP contribution < -0.4 is 0 Å². The Hall–Kier alpha value is -0.120. The number of aliphatic hydroxyl groups excluding tert-OH is 1. The average molecular weight is 184 g/mol. The second-order valence-corrected chi connectivity index (χ2v) is 4.19. The summed E-state index contributed by atoms with van der Waals surface area (Å²) in [5.74, 6) is 0. The second kappa shape index (κ2) is 4.40. The van der Waals surface area contributed by atoms with Gasteiger partial charge < -0.3 is 5.11 Å². The standard InChI is InChI=1S/C10H20N2O/c13-9-8-11-4-1-5-12(7-6-11)10-2-3-10/h10,13H,1-9H2. The van der Waals surface area contributed by atoms with Crippen LogP contribution in [-0.2, 0) is 0 Å². The van der Waals surface area contributed by atoms with Gasteiger partial charge in [-0.1, -0.05) is 0 Å². The molecule has 76 valence electrons. The minimum Gasteiger partial charge on any atom is -0.395 e. The van der Waals surface area contributed by atoms with Gasteiger partial charge in [-0.2, -0.15) is 0 Å². The Morgan fingerprint density at radius 1 is 1.08 bits per heavy atom. The molecular formula is C10H20N2O. The maximum atomic E-state index is 8.84. The zero-order chi connectivity index (χ0) is 9.10. The molecule has 0 aromatic heterocycles. The molecule has 3 nitrogen and oxygen atoms in total. The van der Waals surface area contributed by atoms with Gasteiger partial charge in [0.25, 0.3) is 0 Å². The van der Waals surface area contributed by atoms with Crippen molar-refractivity contribution in [2.24, 2.45) is 0 Å². The van der Waals surface area contributed by atoms with Crippen molar-refractivity contribution < 1.29 is 5.11 Å². The SMILES string of the molecule is OCCN1CCCN(C2CC2)CC1. The second-order valence-electron chi connectivity index (χ2n) is 4.19. The van der Waals surface area contributed by atoms with Gasteiger partial charge in [0.2, 0.25) is 0 Å². The molecule has 0 bridgehead atoms. The third kappa shape index (κ3) is 2.66. The Kier molecular flexibility index (Phi) is 3.19. The van der Waals surface area contributed by atoms with E-state index in [-0.39, 0.29) is 0 Å². The van der Waals surface area contributed by atoms with E-state index < -0.39 is 0 Å². The Balaban J connectivity index is 1.75. The predicted molar refractivity (Wildman–Crippen MR) is 52.7 cm³/mol. The zero-order valence-electron chi connectivity index (χ0n) is 8.28. The van der Waals surface area contributed by atoms with Crippen LogP contribution in [0.3, 0.4) is 0 Å². The van der Waals surface area contributed by atoms with Gasteiger partial charge in [0.05, 0.1) is 6.61 Å². The molecule has 3 heteroatoms. The molecule has 2 fully saturated rings. The van der Waals surface area contributed by atoms with Gasteiger partial charge in [-0.25, -0.2) is 0 Å². The molecule has 0 spiro atoms. The molecule has 2 aliphatic rings. The summed E-state index contributed by atoms with van der Waals surface area (Å²) < 4.78 is 0. The van der Waals surface area contributed by atoms with Crippen LogP contribution in [0, 0.1) is 0 Å². The van der Waals surface area contributed by atoms with E-state index in [9.17, 15) is 0 Å². The van der Waals surface area contributed by atoms with Gasteiger partial charge in [-0.05, 0) is 32.4 Å². The Labute approximate surface area is 80.3 Å². The molecule has 2 rings (SSSR count). The molecule has 13 heavy (non-hydrogen) atoms. The highest BCUT2D eigenvalue weighted by Crippen LogP contribution is 2.27. The third-order valence-corrected chi connectivity index (χ3v) is 3.10. The normalized spacial score (nSPS) is 27.5. The van der Waals surface area contributed by atoms with Crippen LogP contribution in [0.1, 0.15) is 19.3 Å². The average Bonchev–Trinajstić information content (AvgIpc) is 2.89. The predicted octanol–water partition coefficient (Wildman–Crippen LogP) is 0.149. The van der Waals surface area contributed by atoms with Crippen molar-refractivity contribution in [3.05, 3.63) is 0 Å². The molecule has 1 aliphatic heterocycles. The maximum Gasteiger partial charge on any atom is 0.0558 e. The molecule has 1 saturated heterocycles. The van der Waals surface area contributed by atoms with Gasteiger partial charge in [0, 0.05) is 25.7 Å². The third-order valence-electron chi connectivity index (χ3n) is 3.10. The zero-order valence-corrected chi connectivity index (χ0v) is 8.28. The highest BCUT2D eigenvalue weighted by atomic mass is 16.3. The minimum absolute atomic E-state index is 0.309. The number of rotatable bonds is 3. The maximum absolute atomic E-state index is 8.84. The summed E-state index contributed by atoms with van der Waals surface area (Å²) in [4.78, 5) is 5.00. The Bertz CT molecular complexity index is 159. The monoisotopic (exact) mass is 184 g/mol. The first-order valence-electron chi connectivity index (χ1n) is 5.47. The topological polar surface area (TPSA) is 26.7 Å². The van der Waals surface area contributed by atoms with E-state index in [1.807, 2.05) is 0 Å². The molecule has 1 saturated carbocycles. The largest absolute Gasteiger partial charge is 0.395 e. The summed E-state index contributed by atoms with van der Waals surface area (Å²) in [5, 5.41) is 8.84. The van der Waals surface area contributed by atoms with E-state index in [4.69, 9.17) is 5.11 Å². The van der Waals surface area contributed by atoms with Gasteiger partial charge in [0.1, 0.15) is 0 Å². The summed E-state index contributed by atoms with van der Waals surface area (Å²) in [7, 11) is 0. The van der Waals surface area contributed by atoms with Crippen molar-refractivity contribution in [2.45, 2.75) is 25.3 Å². The van der Waals surface area contributed by atoms with Gasteiger partial charge in [0.15, 0.2) is 0 Å². The fourth-order valence-corrected chi connectivity index (χ4v) is 2.16. The van der Waals surface area contributed by atoms with Crippen LogP contribution in [-0.4, -0.2) is 60.3 Å². The minimum atomic E-state index is 0.309. The smallest absolute Gasteiger partial charge is 0.0558 e. The number of aliphatic hydroxyl groups is 1. The summed E-state index contributed by atoms with van der Waals surface area (Å²) in [6, 6.07) is 0.911. The molecule has 1 heterocycles. The molecule has 0 aromatic rings. The molecule has 1 aliphatic carbocycles. The van der Waals surface area contributed by atoms with E-state index in [0.717, 1.165) is 19.1 Å². The molecule has 0 amide bonds. The highest BCUT2D eigenvalue weighted by Gasteiger charge is 2.29. The Morgan fingerprint density at radius 3 is 2.62 bits per heavy atom. The summed E-state index contributed by atoms with van der Waals surface area (Å²) >= 11 is 0. The first kappa shape index (κ1) is 9.44. The lowest BCUT2D eigenvalue weighted by molar-refractivity contribution is 0.195. The van der Waals surface area contributed by atoms with Crippen LogP contribution in [0.25, 0.3) is 0 Å². The summed E-state index contributed by atoms with van der Waals surface area (Å²) in [6.45, 7) is 5.97. The highest BCUT2D eigenvalue weighted by molar-refractivity contribution is 4.86. The fourth-order valence-electron chi connectivity index (χ4n) is 2.16. The number of hydrogen-bond donors (Lipinski definition) is 1. The molecule has 0 atom stereocenters. The van der Waals surface area contributed by atoms with Crippen molar-refractivity contribution in [3.63, 3.8) is 0 Å². The van der Waals surface area contributed by atoms with Gasteiger partial charge >= 0.3 is 0 Å². The van der Waals surface area contributed by atoms with Crippen molar-refractivity contribution in [1.82, 2.24) is 9.80 Å². The van der Waals surface area contributed by atoms with Crippen molar-refractivity contribution in [2.75, 3.05) is 39.3 Å². The van der Waals surface area contributed by atoms with Gasteiger partial charge in [-0.15, -0.1) is 0 Å². The number of β-amino-alcohol motifs (C(OH)–C–C–N with tert-alkyl or cyclic N) is 1. The summed E-state index contributed by atoms with van der Waals surface area (Å²) in [5.41, 5.74) is 0. The fraction of sp³-hybridized carbons (Fsp3) is 1.00. The summed E-state index contributed by atoms with van der Waals surface area (Å²) in [6.07, 6.45) is 4.11. The Morgan fingerprint density at radius 2 is 1.92 bits per heavy atom. The van der Waals surface area contributed by atoms with Crippen molar-refractivity contribution in [1.29, 1.82) is 0 Å². The molecular weight excluding hydrogens is 164 g/mol. The number of hydrogen-bond acceptors (Lipinski definition) is 3. The van der Waals surface area contributed by atoms with E-state index in [0.29, 0.717) is 6.61 Å². The van der Waals surface area contributed by atoms with Crippen molar-refractivity contribution in [3.8, 4) is 0 Å². The van der Waals surface area contributed by atoms with Crippen LogP contribution in [0.15, 0.2) is 0 Å². The number of nitrogens with zero attached hydrogens (tertiary/aromatic N) is 2. The van der Waals surface area contributed by atoms with E-state index >= 15 is 0 Å². The quantitative estimate of drug-likeness (QED) is 0.676. The first-order chi connectivity index (χ1) is 6.40. The lowest BCUT2D eigenvalue weighted by atomic mass is 10.4. The van der Waals surface area contributed by atoms with Crippen LogP contribution in [0.5, 0.6) is 0 Å². The van der Waals surface area contributed by atoms with E-state index in [1.54, 1.807) is 0 Å². The molecule has 0 radical (unpaired) electrons. The van der Waals surface area contributed by atoms with Crippen molar-refractivity contribution >= 4 is 0 Å². The molecule has 1 N–H and O–H groups in total. The van der Waals surface area contributed by atoms with E-state index in [2.05, 4.69) is 9.80 Å². The van der Waals surface area contributed by atoms with E-state index in [1.165, 1.54) is 38.9 Å². The van der Waals surface area contributed by atoms with Crippen LogP contribution in [0.4, 0.5) is 0 Å². The molecule has 0 unspecified atom stereocenters. The lowest BCUT2D eigenvalue weighted by Gasteiger charge is -2.20. The van der Waals surface area contributed by atoms with Crippen LogP contribution in [0.2, 0.25) is 0 Å². The van der Waals surface area contributed by atoms with Crippen LogP contribution >= 0.6 is 0 Å². The first-order valence-corrected chi connectivity index (χ1v) is 5.47. The van der Waals surface area contributed by atoms with Gasteiger partial charge in [-0.3, -0.25) is 9.80 Å².